The summed E-state index contributed by atoms with van der Waals surface area (Å²) in [4.78, 5) is 24.0. The zero-order chi connectivity index (χ0) is 22.3. The summed E-state index contributed by atoms with van der Waals surface area (Å²) < 4.78 is 35.3. The highest BCUT2D eigenvalue weighted by Gasteiger charge is 2.34. The third-order valence-electron chi connectivity index (χ3n) is 4.14. The molecule has 0 heterocycles. The van der Waals surface area contributed by atoms with Crippen LogP contribution in [0.4, 0.5) is 0 Å². The Morgan fingerprint density at radius 2 is 1.53 bits per heavy atom. The first kappa shape index (κ1) is 23.5. The van der Waals surface area contributed by atoms with Gasteiger partial charge in [0, 0.05) is 29.0 Å². The number of carbonyl (C=O) groups is 2. The minimum atomic E-state index is -3.91. The van der Waals surface area contributed by atoms with Crippen molar-refractivity contribution >= 4 is 35.6 Å². The van der Waals surface area contributed by atoms with Gasteiger partial charge in [-0.3, -0.25) is 4.57 Å². The average Bonchev–Trinajstić information content (AvgIpc) is 2.74. The molecule has 0 aliphatic heterocycles. The number of rotatable bonds is 10. The highest BCUT2D eigenvalue weighted by molar-refractivity contribution is 7.62. The van der Waals surface area contributed by atoms with Gasteiger partial charge in [-0.15, -0.1) is 0 Å². The number of hydrogen-bond donors (Lipinski definition) is 0. The van der Waals surface area contributed by atoms with Gasteiger partial charge in [-0.2, -0.15) is 0 Å². The lowest BCUT2D eigenvalue weighted by Gasteiger charge is -2.22. The molecule has 0 aliphatic carbocycles. The van der Waals surface area contributed by atoms with Gasteiger partial charge in [-0.1, -0.05) is 32.2 Å². The molecule has 0 unspecified atom stereocenters. The van der Waals surface area contributed by atoms with Gasteiger partial charge in [0.1, 0.15) is 11.1 Å². The number of carbonyl (C=O) groups excluding carboxylic acids is 2. The summed E-state index contributed by atoms with van der Waals surface area (Å²) in [5.74, 6) is -1.31. The molecule has 0 atom stereocenters. The number of fused-ring (bicyclic) bond motifs is 1. The van der Waals surface area contributed by atoms with E-state index in [1.165, 1.54) is 6.07 Å². The van der Waals surface area contributed by atoms with Gasteiger partial charge in [0.15, 0.2) is 5.75 Å². The Hall–Kier alpha value is -2.73. The lowest BCUT2D eigenvalue weighted by atomic mass is 10.0. The second-order valence-corrected chi connectivity index (χ2v) is 8.03. The van der Waals surface area contributed by atoms with Crippen LogP contribution in [-0.4, -0.2) is 25.2 Å². The minimum absolute atomic E-state index is 0.00110. The maximum absolute atomic E-state index is 13.6. The molecule has 0 N–H and O–H groups in total. The van der Waals surface area contributed by atoms with E-state index in [2.05, 4.69) is 13.2 Å². The molecule has 30 heavy (non-hydrogen) atoms. The number of hydrogen-bond acceptors (Lipinski definition) is 7. The van der Waals surface area contributed by atoms with Gasteiger partial charge in [0.25, 0.3) is 0 Å². The normalized spacial score (nSPS) is 11.2. The fourth-order valence-electron chi connectivity index (χ4n) is 2.82. The third kappa shape index (κ3) is 5.05. The molecular weight excluding hydrogens is 407 g/mol. The van der Waals surface area contributed by atoms with E-state index in [1.807, 2.05) is 19.1 Å². The van der Waals surface area contributed by atoms with Crippen LogP contribution in [0.15, 0.2) is 49.6 Å². The summed E-state index contributed by atoms with van der Waals surface area (Å²) in [6, 6.07) is 6.70. The standard InChI is InChI=1S/C22H25O7P/c1-6-15-11-12-16-17(13-15)18(28-20(23)7-2)14-19(22(16)29-21(24)8-3)30(25,26-9-4)27-10-5/h7-8,11-14H,2-3,6,9-10H2,1,4-5H3. The number of esters is 2. The summed E-state index contributed by atoms with van der Waals surface area (Å²) in [7, 11) is -3.91. The highest BCUT2D eigenvalue weighted by atomic mass is 31.2. The molecule has 0 bridgehead atoms. The topological polar surface area (TPSA) is 88.1 Å². The van der Waals surface area contributed by atoms with E-state index in [4.69, 9.17) is 18.5 Å². The Morgan fingerprint density at radius 1 is 0.933 bits per heavy atom. The van der Waals surface area contributed by atoms with Crippen molar-refractivity contribution in [3.8, 4) is 11.5 Å². The SMILES string of the molecule is C=CC(=O)Oc1cc(P(=O)(OCC)OCC)c(OC(=O)C=C)c2ccc(CC)cc12. The van der Waals surface area contributed by atoms with Crippen LogP contribution in [0.3, 0.4) is 0 Å². The largest absolute Gasteiger partial charge is 0.423 e. The van der Waals surface area contributed by atoms with Crippen molar-refractivity contribution in [2.45, 2.75) is 27.2 Å². The molecule has 0 radical (unpaired) electrons. The summed E-state index contributed by atoms with van der Waals surface area (Å²) in [5.41, 5.74) is 0.963. The van der Waals surface area contributed by atoms with Crippen LogP contribution in [0.2, 0.25) is 0 Å². The van der Waals surface area contributed by atoms with Crippen LogP contribution in [0.1, 0.15) is 26.3 Å². The van der Waals surface area contributed by atoms with Crippen molar-refractivity contribution in [3.05, 3.63) is 55.1 Å². The Morgan fingerprint density at radius 3 is 2.07 bits per heavy atom. The molecule has 2 aromatic carbocycles. The van der Waals surface area contributed by atoms with Gasteiger partial charge in [-0.05, 0) is 31.9 Å². The van der Waals surface area contributed by atoms with Crippen molar-refractivity contribution < 1.29 is 32.7 Å². The molecule has 0 aromatic heterocycles. The first-order valence-electron chi connectivity index (χ1n) is 9.51. The second-order valence-electron chi connectivity index (χ2n) is 6.04. The van der Waals surface area contributed by atoms with E-state index in [1.54, 1.807) is 19.9 Å². The van der Waals surface area contributed by atoms with E-state index in [0.717, 1.165) is 24.1 Å². The second kappa shape index (κ2) is 10.3. The molecule has 0 saturated heterocycles. The Bertz CT molecular complexity index is 1020. The molecule has 0 spiro atoms. The Kier molecular flexibility index (Phi) is 8.12. The maximum Gasteiger partial charge on any atom is 0.365 e. The molecular formula is C22H25O7P. The molecule has 2 aromatic rings. The molecule has 7 nitrogen and oxygen atoms in total. The lowest BCUT2D eigenvalue weighted by molar-refractivity contribution is -0.129. The average molecular weight is 432 g/mol. The maximum atomic E-state index is 13.6. The molecule has 0 fully saturated rings. The lowest BCUT2D eigenvalue weighted by Crippen LogP contribution is -2.18. The number of benzene rings is 2. The third-order valence-corrected chi connectivity index (χ3v) is 6.26. The molecule has 8 heteroatoms. The summed E-state index contributed by atoms with van der Waals surface area (Å²) in [6.45, 7) is 12.3. The Labute approximate surface area is 175 Å². The fourth-order valence-corrected chi connectivity index (χ4v) is 4.55. The quantitative estimate of drug-likeness (QED) is 0.237. The zero-order valence-electron chi connectivity index (χ0n) is 17.3. The van der Waals surface area contributed by atoms with Crippen LogP contribution in [0.5, 0.6) is 11.5 Å². The first-order chi connectivity index (χ1) is 14.3. The van der Waals surface area contributed by atoms with Crippen LogP contribution in [-0.2, 0) is 29.6 Å². The number of aryl methyl sites for hydroxylation is 1. The van der Waals surface area contributed by atoms with E-state index < -0.39 is 19.5 Å². The van der Waals surface area contributed by atoms with Gasteiger partial charge in [0.2, 0.25) is 0 Å². The van der Waals surface area contributed by atoms with Crippen molar-refractivity contribution in [2.24, 2.45) is 0 Å². The molecule has 2 rings (SSSR count). The highest BCUT2D eigenvalue weighted by Crippen LogP contribution is 2.52. The van der Waals surface area contributed by atoms with E-state index in [0.29, 0.717) is 10.8 Å². The van der Waals surface area contributed by atoms with Gasteiger partial charge >= 0.3 is 19.5 Å². The number of ether oxygens (including phenoxy) is 2. The van der Waals surface area contributed by atoms with Crippen molar-refractivity contribution in [1.82, 2.24) is 0 Å². The summed E-state index contributed by atoms with van der Waals surface area (Å²) in [6.07, 6.45) is 2.74. The minimum Gasteiger partial charge on any atom is -0.423 e. The van der Waals surface area contributed by atoms with Gasteiger partial charge in [0.05, 0.1) is 13.2 Å². The van der Waals surface area contributed by atoms with Crippen LogP contribution >= 0.6 is 7.60 Å². The molecule has 160 valence electrons. The van der Waals surface area contributed by atoms with Crippen LogP contribution < -0.4 is 14.8 Å². The van der Waals surface area contributed by atoms with E-state index in [-0.39, 0.29) is 30.0 Å². The molecule has 0 aliphatic rings. The van der Waals surface area contributed by atoms with Crippen molar-refractivity contribution in [2.75, 3.05) is 13.2 Å². The van der Waals surface area contributed by atoms with Gasteiger partial charge in [-0.25, -0.2) is 9.59 Å². The van der Waals surface area contributed by atoms with Crippen molar-refractivity contribution in [1.29, 1.82) is 0 Å². The summed E-state index contributed by atoms with van der Waals surface area (Å²) >= 11 is 0. The van der Waals surface area contributed by atoms with Crippen LogP contribution in [0.25, 0.3) is 10.8 Å². The summed E-state index contributed by atoms with van der Waals surface area (Å²) in [5, 5.41) is 0.885. The van der Waals surface area contributed by atoms with Gasteiger partial charge < -0.3 is 18.5 Å². The monoisotopic (exact) mass is 432 g/mol. The van der Waals surface area contributed by atoms with E-state index >= 15 is 0 Å². The Balaban J connectivity index is 2.94. The van der Waals surface area contributed by atoms with E-state index in [9.17, 15) is 14.2 Å². The first-order valence-corrected chi connectivity index (χ1v) is 11.1. The predicted octanol–water partition coefficient (Wildman–Crippen LogP) is 4.48. The molecule has 0 amide bonds. The van der Waals surface area contributed by atoms with Crippen molar-refractivity contribution in [3.63, 3.8) is 0 Å². The van der Waals surface area contributed by atoms with Crippen LogP contribution in [0, 0.1) is 0 Å². The zero-order valence-corrected chi connectivity index (χ0v) is 18.2. The molecule has 0 saturated carbocycles. The fraction of sp³-hybridized carbons (Fsp3) is 0.273. The predicted molar refractivity (Wildman–Crippen MR) is 115 cm³/mol. The smallest absolute Gasteiger partial charge is 0.365 e.